The van der Waals surface area contributed by atoms with E-state index in [-0.39, 0.29) is 23.2 Å². The van der Waals surface area contributed by atoms with Crippen LogP contribution in [0.25, 0.3) is 0 Å². The third kappa shape index (κ3) is 4.73. The molecule has 0 spiro atoms. The molecule has 0 saturated carbocycles. The average Bonchev–Trinajstić information content (AvgIpc) is 2.62. The number of benzene rings is 2. The molecule has 0 aliphatic rings. The summed E-state index contributed by atoms with van der Waals surface area (Å²) in [6, 6.07) is 9.49. The van der Waals surface area contributed by atoms with Crippen LogP contribution in [-0.4, -0.2) is 37.4 Å². The summed E-state index contributed by atoms with van der Waals surface area (Å²) in [6.45, 7) is 1.41. The van der Waals surface area contributed by atoms with Gasteiger partial charge in [-0.25, -0.2) is 5.43 Å². The molecule has 2 aromatic carbocycles. The van der Waals surface area contributed by atoms with Gasteiger partial charge < -0.3 is 19.9 Å². The Hall–Kier alpha value is -3.55. The number of phenolic OH excluding ortho intramolecular Hbond substituents is 1. The molecule has 0 unspecified atom stereocenters. The van der Waals surface area contributed by atoms with Crippen LogP contribution in [0.15, 0.2) is 41.5 Å². The van der Waals surface area contributed by atoms with Crippen LogP contribution < -0.4 is 20.2 Å². The van der Waals surface area contributed by atoms with E-state index < -0.39 is 5.91 Å². The summed E-state index contributed by atoms with van der Waals surface area (Å²) in [5.41, 5.74) is 3.95. The van der Waals surface area contributed by atoms with E-state index in [1.165, 1.54) is 27.4 Å². The molecule has 2 aromatic rings. The fourth-order valence-corrected chi connectivity index (χ4v) is 2.13. The number of hydrogen-bond acceptors (Lipinski definition) is 6. The number of carbonyl (C=O) groups excluding carboxylic acids is 2. The molecular formula is C18H19N3O5. The van der Waals surface area contributed by atoms with Crippen LogP contribution in [-0.2, 0) is 4.79 Å². The zero-order chi connectivity index (χ0) is 19.1. The van der Waals surface area contributed by atoms with Gasteiger partial charge in [-0.1, -0.05) is 0 Å². The largest absolute Gasteiger partial charge is 0.502 e. The Balaban J connectivity index is 2.06. The number of aromatic hydroxyl groups is 1. The first-order valence-electron chi connectivity index (χ1n) is 7.60. The number of ether oxygens (including phenoxy) is 2. The van der Waals surface area contributed by atoms with E-state index in [2.05, 4.69) is 15.8 Å². The second-order valence-electron chi connectivity index (χ2n) is 5.23. The topological polar surface area (TPSA) is 109 Å². The number of carbonyl (C=O) groups is 2. The summed E-state index contributed by atoms with van der Waals surface area (Å²) >= 11 is 0. The molecule has 8 heteroatoms. The summed E-state index contributed by atoms with van der Waals surface area (Å²) in [4.78, 5) is 23.0. The number of anilines is 1. The Kier molecular flexibility index (Phi) is 6.15. The minimum Gasteiger partial charge on any atom is -0.502 e. The zero-order valence-corrected chi connectivity index (χ0v) is 14.6. The molecule has 3 N–H and O–H groups in total. The highest BCUT2D eigenvalue weighted by Gasteiger charge is 2.10. The Labute approximate surface area is 150 Å². The molecule has 0 heterocycles. The summed E-state index contributed by atoms with van der Waals surface area (Å²) in [7, 11) is 2.84. The van der Waals surface area contributed by atoms with Gasteiger partial charge >= 0.3 is 0 Å². The van der Waals surface area contributed by atoms with Crippen molar-refractivity contribution in [2.24, 2.45) is 5.10 Å². The van der Waals surface area contributed by atoms with Crippen molar-refractivity contribution in [2.45, 2.75) is 6.92 Å². The normalized spacial score (nSPS) is 10.4. The van der Waals surface area contributed by atoms with E-state index in [9.17, 15) is 14.7 Å². The highest BCUT2D eigenvalue weighted by atomic mass is 16.5. The lowest BCUT2D eigenvalue weighted by molar-refractivity contribution is -0.114. The summed E-state index contributed by atoms with van der Waals surface area (Å²) < 4.78 is 10.1. The van der Waals surface area contributed by atoms with Crippen LogP contribution in [0.1, 0.15) is 22.8 Å². The van der Waals surface area contributed by atoms with Crippen molar-refractivity contribution in [1.29, 1.82) is 0 Å². The van der Waals surface area contributed by atoms with Crippen LogP contribution in [0.5, 0.6) is 17.2 Å². The van der Waals surface area contributed by atoms with Crippen molar-refractivity contribution in [3.63, 3.8) is 0 Å². The number of amides is 2. The quantitative estimate of drug-likeness (QED) is 0.542. The number of hydrazone groups is 1. The highest BCUT2D eigenvalue weighted by Crippen LogP contribution is 2.36. The Bertz CT molecular complexity index is 806. The minimum atomic E-state index is -0.409. The maximum absolute atomic E-state index is 12.1. The molecule has 0 aliphatic carbocycles. The first-order chi connectivity index (χ1) is 12.4. The molecule has 0 fully saturated rings. The molecule has 0 radical (unpaired) electrons. The monoisotopic (exact) mass is 357 g/mol. The summed E-state index contributed by atoms with van der Waals surface area (Å²) in [5, 5.41) is 16.4. The Morgan fingerprint density at radius 1 is 1.08 bits per heavy atom. The number of hydrogen-bond donors (Lipinski definition) is 3. The molecule has 2 rings (SSSR count). The SMILES string of the molecule is COc1cc(C=NNC(=O)c2ccc(NC(C)=O)cc2)cc(OC)c1O. The molecule has 2 amide bonds. The fraction of sp³-hybridized carbons (Fsp3) is 0.167. The van der Waals surface area contributed by atoms with Crippen molar-refractivity contribution in [2.75, 3.05) is 19.5 Å². The van der Waals surface area contributed by atoms with Crippen molar-refractivity contribution in [3.8, 4) is 17.2 Å². The molecule has 8 nitrogen and oxygen atoms in total. The van der Waals surface area contributed by atoms with Gasteiger partial charge in [-0.15, -0.1) is 0 Å². The van der Waals surface area contributed by atoms with Crippen molar-refractivity contribution in [1.82, 2.24) is 5.43 Å². The van der Waals surface area contributed by atoms with Gasteiger partial charge in [-0.2, -0.15) is 5.10 Å². The van der Waals surface area contributed by atoms with Gasteiger partial charge in [0.05, 0.1) is 20.4 Å². The van der Waals surface area contributed by atoms with Gasteiger partial charge in [0.2, 0.25) is 11.7 Å². The lowest BCUT2D eigenvalue weighted by atomic mass is 10.2. The Morgan fingerprint density at radius 3 is 2.15 bits per heavy atom. The molecule has 0 saturated heterocycles. The number of phenols is 1. The minimum absolute atomic E-state index is 0.115. The predicted molar refractivity (Wildman–Crippen MR) is 97.0 cm³/mol. The summed E-state index contributed by atoms with van der Waals surface area (Å²) in [6.07, 6.45) is 1.40. The second kappa shape index (κ2) is 8.52. The zero-order valence-electron chi connectivity index (χ0n) is 14.6. The van der Waals surface area contributed by atoms with E-state index >= 15 is 0 Å². The predicted octanol–water partition coefficient (Wildman–Crippen LogP) is 2.13. The number of nitrogens with one attached hydrogen (secondary N) is 2. The van der Waals surface area contributed by atoms with Crippen molar-refractivity contribution >= 4 is 23.7 Å². The van der Waals surface area contributed by atoms with Gasteiger partial charge in [-0.05, 0) is 36.4 Å². The lowest BCUT2D eigenvalue weighted by Gasteiger charge is -2.09. The number of methoxy groups -OCH3 is 2. The van der Waals surface area contributed by atoms with Crippen LogP contribution in [0.3, 0.4) is 0 Å². The van der Waals surface area contributed by atoms with Crippen LogP contribution in [0.4, 0.5) is 5.69 Å². The Morgan fingerprint density at radius 2 is 1.65 bits per heavy atom. The second-order valence-corrected chi connectivity index (χ2v) is 5.23. The molecule has 0 aliphatic heterocycles. The smallest absolute Gasteiger partial charge is 0.271 e. The maximum atomic E-state index is 12.1. The molecule has 0 atom stereocenters. The first-order valence-corrected chi connectivity index (χ1v) is 7.60. The van der Waals surface area contributed by atoms with Crippen LogP contribution >= 0.6 is 0 Å². The van der Waals surface area contributed by atoms with E-state index in [1.807, 2.05) is 0 Å². The number of rotatable bonds is 6. The summed E-state index contributed by atoms with van der Waals surface area (Å²) in [5.74, 6) is -0.258. The van der Waals surface area contributed by atoms with Gasteiger partial charge in [0.1, 0.15) is 0 Å². The van der Waals surface area contributed by atoms with Crippen molar-refractivity contribution < 1.29 is 24.2 Å². The first kappa shape index (κ1) is 18.8. The van der Waals surface area contributed by atoms with Gasteiger partial charge in [-0.3, -0.25) is 9.59 Å². The van der Waals surface area contributed by atoms with Gasteiger partial charge in [0.15, 0.2) is 11.5 Å². The van der Waals surface area contributed by atoms with Crippen LogP contribution in [0.2, 0.25) is 0 Å². The molecule has 26 heavy (non-hydrogen) atoms. The van der Waals surface area contributed by atoms with E-state index in [4.69, 9.17) is 9.47 Å². The molecule has 0 bridgehead atoms. The van der Waals surface area contributed by atoms with E-state index in [0.29, 0.717) is 16.8 Å². The van der Waals surface area contributed by atoms with Gasteiger partial charge in [0.25, 0.3) is 5.91 Å². The van der Waals surface area contributed by atoms with Gasteiger partial charge in [0, 0.05) is 23.7 Å². The van der Waals surface area contributed by atoms with E-state index in [0.717, 1.165) is 0 Å². The highest BCUT2D eigenvalue weighted by molar-refractivity contribution is 5.96. The third-order valence-corrected chi connectivity index (χ3v) is 3.35. The maximum Gasteiger partial charge on any atom is 0.271 e. The standard InChI is InChI=1S/C18H19N3O5/c1-11(22)20-14-6-4-13(5-7-14)18(24)21-19-10-12-8-15(25-2)17(23)16(9-12)26-3/h4-10,23H,1-3H3,(H,20,22)(H,21,24). The molecule has 136 valence electrons. The molecular weight excluding hydrogens is 338 g/mol. The average molecular weight is 357 g/mol. The van der Waals surface area contributed by atoms with Crippen molar-refractivity contribution in [3.05, 3.63) is 47.5 Å². The molecule has 0 aromatic heterocycles. The fourth-order valence-electron chi connectivity index (χ4n) is 2.13. The van der Waals surface area contributed by atoms with E-state index in [1.54, 1.807) is 36.4 Å². The van der Waals surface area contributed by atoms with Crippen LogP contribution in [0, 0.1) is 0 Å². The number of nitrogens with zero attached hydrogens (tertiary/aromatic N) is 1. The lowest BCUT2D eigenvalue weighted by Crippen LogP contribution is -2.17. The third-order valence-electron chi connectivity index (χ3n) is 3.35.